The standard InChI is InChI=1S/C14H17N3O2/c1-3-7-12-13(14(18)19)15-16-17(12)10(2)11-8-5-4-6-9-11/h4-6,8-10H,3,7H2,1-2H3,(H,18,19). The lowest BCUT2D eigenvalue weighted by Gasteiger charge is -2.15. The minimum absolute atomic E-state index is 0.0247. The molecule has 19 heavy (non-hydrogen) atoms. The third-order valence-corrected chi connectivity index (χ3v) is 3.13. The average molecular weight is 259 g/mol. The number of rotatable bonds is 5. The third kappa shape index (κ3) is 2.65. The molecule has 0 amide bonds. The first kappa shape index (κ1) is 13.3. The minimum atomic E-state index is -1.02. The maximum atomic E-state index is 11.2. The van der Waals surface area contributed by atoms with Crippen LogP contribution in [-0.2, 0) is 6.42 Å². The topological polar surface area (TPSA) is 68.0 Å². The van der Waals surface area contributed by atoms with Crippen molar-refractivity contribution in [3.8, 4) is 0 Å². The summed E-state index contributed by atoms with van der Waals surface area (Å²) in [5.41, 5.74) is 1.83. The molecule has 0 saturated heterocycles. The summed E-state index contributed by atoms with van der Waals surface area (Å²) in [6, 6.07) is 9.85. The van der Waals surface area contributed by atoms with Crippen LogP contribution in [0.3, 0.4) is 0 Å². The van der Waals surface area contributed by atoms with Crippen molar-refractivity contribution in [2.75, 3.05) is 0 Å². The molecule has 2 rings (SSSR count). The molecule has 1 aromatic carbocycles. The van der Waals surface area contributed by atoms with Gasteiger partial charge >= 0.3 is 5.97 Å². The first-order valence-electron chi connectivity index (χ1n) is 6.37. The normalized spacial score (nSPS) is 12.3. The highest BCUT2D eigenvalue weighted by molar-refractivity contribution is 5.86. The number of hydrogen-bond donors (Lipinski definition) is 1. The number of aromatic nitrogens is 3. The zero-order valence-corrected chi connectivity index (χ0v) is 11.1. The van der Waals surface area contributed by atoms with E-state index in [1.165, 1.54) is 0 Å². The number of aromatic carboxylic acids is 1. The van der Waals surface area contributed by atoms with Gasteiger partial charge in [0.05, 0.1) is 11.7 Å². The number of carboxylic acid groups (broad SMARTS) is 1. The quantitative estimate of drug-likeness (QED) is 0.896. The van der Waals surface area contributed by atoms with Crippen molar-refractivity contribution in [2.45, 2.75) is 32.7 Å². The van der Waals surface area contributed by atoms with Crippen molar-refractivity contribution >= 4 is 5.97 Å². The second kappa shape index (κ2) is 5.65. The molecule has 0 aliphatic rings. The predicted molar refractivity (Wildman–Crippen MR) is 71.2 cm³/mol. The average Bonchev–Trinajstić information content (AvgIpc) is 2.83. The third-order valence-electron chi connectivity index (χ3n) is 3.13. The van der Waals surface area contributed by atoms with Gasteiger partial charge in [0.25, 0.3) is 0 Å². The molecule has 2 aromatic rings. The van der Waals surface area contributed by atoms with Gasteiger partial charge in [-0.05, 0) is 18.9 Å². The Labute approximate surface area is 111 Å². The number of benzene rings is 1. The van der Waals surface area contributed by atoms with Crippen molar-refractivity contribution in [1.82, 2.24) is 15.0 Å². The second-order valence-electron chi connectivity index (χ2n) is 4.47. The number of carbonyl (C=O) groups is 1. The molecule has 0 radical (unpaired) electrons. The molecule has 1 aromatic heterocycles. The van der Waals surface area contributed by atoms with Gasteiger partial charge in [-0.3, -0.25) is 0 Å². The highest BCUT2D eigenvalue weighted by Gasteiger charge is 2.21. The van der Waals surface area contributed by atoms with E-state index in [0.29, 0.717) is 12.1 Å². The van der Waals surface area contributed by atoms with E-state index >= 15 is 0 Å². The smallest absolute Gasteiger partial charge is 0.358 e. The van der Waals surface area contributed by atoms with Crippen molar-refractivity contribution in [3.05, 3.63) is 47.3 Å². The van der Waals surface area contributed by atoms with Crippen LogP contribution in [0.2, 0.25) is 0 Å². The van der Waals surface area contributed by atoms with E-state index in [-0.39, 0.29) is 11.7 Å². The Bertz CT molecular complexity index is 563. The van der Waals surface area contributed by atoms with Gasteiger partial charge in [-0.1, -0.05) is 48.9 Å². The van der Waals surface area contributed by atoms with E-state index < -0.39 is 5.97 Å². The van der Waals surface area contributed by atoms with Crippen molar-refractivity contribution in [2.24, 2.45) is 0 Å². The van der Waals surface area contributed by atoms with Crippen LogP contribution in [0.25, 0.3) is 0 Å². The van der Waals surface area contributed by atoms with E-state index in [4.69, 9.17) is 5.11 Å². The molecule has 0 fully saturated rings. The highest BCUT2D eigenvalue weighted by atomic mass is 16.4. The van der Waals surface area contributed by atoms with Gasteiger partial charge in [-0.25, -0.2) is 9.48 Å². The highest BCUT2D eigenvalue weighted by Crippen LogP contribution is 2.20. The second-order valence-corrected chi connectivity index (χ2v) is 4.47. The van der Waals surface area contributed by atoms with Gasteiger partial charge in [0, 0.05) is 0 Å². The molecule has 1 atom stereocenters. The van der Waals surface area contributed by atoms with Crippen LogP contribution in [0.15, 0.2) is 30.3 Å². The fourth-order valence-corrected chi connectivity index (χ4v) is 2.13. The molecule has 1 heterocycles. The fourth-order valence-electron chi connectivity index (χ4n) is 2.13. The Balaban J connectivity index is 2.42. The summed E-state index contributed by atoms with van der Waals surface area (Å²) in [4.78, 5) is 11.2. The summed E-state index contributed by atoms with van der Waals surface area (Å²) >= 11 is 0. The van der Waals surface area contributed by atoms with Gasteiger partial charge in [-0.2, -0.15) is 0 Å². The largest absolute Gasteiger partial charge is 0.476 e. The zero-order chi connectivity index (χ0) is 13.8. The Hall–Kier alpha value is -2.17. The maximum Gasteiger partial charge on any atom is 0.358 e. The van der Waals surface area contributed by atoms with E-state index in [1.54, 1.807) is 4.68 Å². The minimum Gasteiger partial charge on any atom is -0.476 e. The van der Waals surface area contributed by atoms with E-state index in [9.17, 15) is 4.79 Å². The van der Waals surface area contributed by atoms with E-state index in [1.807, 2.05) is 44.2 Å². The fraction of sp³-hybridized carbons (Fsp3) is 0.357. The first-order valence-corrected chi connectivity index (χ1v) is 6.37. The molecule has 5 heteroatoms. The maximum absolute atomic E-state index is 11.2. The summed E-state index contributed by atoms with van der Waals surface area (Å²) in [6.07, 6.45) is 1.51. The lowest BCUT2D eigenvalue weighted by Crippen LogP contribution is -2.13. The summed E-state index contributed by atoms with van der Waals surface area (Å²) < 4.78 is 1.71. The van der Waals surface area contributed by atoms with Crippen LogP contribution in [0.5, 0.6) is 0 Å². The van der Waals surface area contributed by atoms with Crippen molar-refractivity contribution in [3.63, 3.8) is 0 Å². The molecule has 0 aliphatic heterocycles. The molecule has 0 spiro atoms. The van der Waals surface area contributed by atoms with Crippen molar-refractivity contribution in [1.29, 1.82) is 0 Å². The molecular weight excluding hydrogens is 242 g/mol. The van der Waals surface area contributed by atoms with Gasteiger partial charge in [-0.15, -0.1) is 5.10 Å². The van der Waals surface area contributed by atoms with E-state index in [0.717, 1.165) is 12.0 Å². The van der Waals surface area contributed by atoms with Gasteiger partial charge in [0.1, 0.15) is 0 Å². The SMILES string of the molecule is CCCc1c(C(=O)O)nnn1C(C)c1ccccc1. The lowest BCUT2D eigenvalue weighted by molar-refractivity contribution is 0.0689. The lowest BCUT2D eigenvalue weighted by atomic mass is 10.1. The van der Waals surface area contributed by atoms with Gasteiger partial charge in [0.15, 0.2) is 5.69 Å². The molecule has 0 saturated carbocycles. The zero-order valence-electron chi connectivity index (χ0n) is 11.1. The molecule has 1 N–H and O–H groups in total. The Morgan fingerprint density at radius 3 is 2.63 bits per heavy atom. The Morgan fingerprint density at radius 2 is 2.05 bits per heavy atom. The molecular formula is C14H17N3O2. The number of hydrogen-bond acceptors (Lipinski definition) is 3. The van der Waals surface area contributed by atoms with Crippen LogP contribution in [0, 0.1) is 0 Å². The summed E-state index contributed by atoms with van der Waals surface area (Å²) in [5, 5.41) is 17.0. The van der Waals surface area contributed by atoms with Crippen LogP contribution in [-0.4, -0.2) is 26.1 Å². The molecule has 1 unspecified atom stereocenters. The first-order chi connectivity index (χ1) is 9.15. The summed E-state index contributed by atoms with van der Waals surface area (Å²) in [5.74, 6) is -1.02. The van der Waals surface area contributed by atoms with E-state index in [2.05, 4.69) is 10.3 Å². The molecule has 100 valence electrons. The van der Waals surface area contributed by atoms with Crippen molar-refractivity contribution < 1.29 is 9.90 Å². The van der Waals surface area contributed by atoms with Crippen LogP contribution in [0.4, 0.5) is 0 Å². The van der Waals surface area contributed by atoms with Crippen LogP contribution < -0.4 is 0 Å². The van der Waals surface area contributed by atoms with Crippen LogP contribution >= 0.6 is 0 Å². The summed E-state index contributed by atoms with van der Waals surface area (Å²) in [6.45, 7) is 4.00. The Morgan fingerprint density at radius 1 is 1.37 bits per heavy atom. The molecule has 0 aliphatic carbocycles. The predicted octanol–water partition coefficient (Wildman–Crippen LogP) is 2.54. The van der Waals surface area contributed by atoms with Gasteiger partial charge < -0.3 is 5.11 Å². The number of carboxylic acids is 1. The number of nitrogens with zero attached hydrogens (tertiary/aromatic N) is 3. The monoisotopic (exact) mass is 259 g/mol. The van der Waals surface area contributed by atoms with Crippen LogP contribution in [0.1, 0.15) is 48.1 Å². The molecule has 5 nitrogen and oxygen atoms in total. The molecule has 0 bridgehead atoms. The Kier molecular flexibility index (Phi) is 3.94. The van der Waals surface area contributed by atoms with Gasteiger partial charge in [0.2, 0.25) is 0 Å². The summed E-state index contributed by atoms with van der Waals surface area (Å²) in [7, 11) is 0.